The first-order valence-electron chi connectivity index (χ1n) is 10.1. The lowest BCUT2D eigenvalue weighted by molar-refractivity contribution is -0.127. The highest BCUT2D eigenvalue weighted by molar-refractivity contribution is 14.0. The molecule has 2 rings (SSSR count). The highest BCUT2D eigenvalue weighted by atomic mass is 127. The van der Waals surface area contributed by atoms with Crippen molar-refractivity contribution in [2.24, 2.45) is 10.9 Å². The normalized spacial score (nSPS) is 14.2. The maximum Gasteiger partial charge on any atom is 0.222 e. The summed E-state index contributed by atoms with van der Waals surface area (Å²) in [7, 11) is 0. The molecule has 1 aliphatic heterocycles. The van der Waals surface area contributed by atoms with Gasteiger partial charge >= 0.3 is 0 Å². The molecule has 158 valence electrons. The van der Waals surface area contributed by atoms with E-state index in [1.807, 2.05) is 23.1 Å². The van der Waals surface area contributed by atoms with Crippen LogP contribution in [0.2, 0.25) is 0 Å². The number of amides is 1. The highest BCUT2D eigenvalue weighted by Gasteiger charge is 2.18. The molecule has 1 saturated heterocycles. The number of rotatable bonds is 10. The van der Waals surface area contributed by atoms with Crippen molar-refractivity contribution in [3.8, 4) is 5.75 Å². The maximum atomic E-state index is 11.6. The average Bonchev–Trinajstić information content (AvgIpc) is 3.07. The van der Waals surface area contributed by atoms with Gasteiger partial charge in [-0.1, -0.05) is 32.0 Å². The SMILES string of the molecule is CCNC(=NCc1ccccc1OCC(C)C)NCCCN1CCCC1=O.I. The Kier molecular flexibility index (Phi) is 11.9. The number of likely N-dealkylation sites (tertiary alicyclic amines) is 1. The number of ether oxygens (including phenoxy) is 1. The zero-order valence-corrected chi connectivity index (χ0v) is 19.7. The fourth-order valence-electron chi connectivity index (χ4n) is 2.95. The van der Waals surface area contributed by atoms with E-state index in [0.717, 1.165) is 56.3 Å². The van der Waals surface area contributed by atoms with Crippen LogP contribution < -0.4 is 15.4 Å². The first kappa shape index (κ1) is 24.5. The van der Waals surface area contributed by atoms with E-state index in [-0.39, 0.29) is 29.9 Å². The molecule has 0 unspecified atom stereocenters. The Labute approximate surface area is 186 Å². The summed E-state index contributed by atoms with van der Waals surface area (Å²) in [6, 6.07) is 8.06. The Balaban J connectivity index is 0.00000392. The summed E-state index contributed by atoms with van der Waals surface area (Å²) >= 11 is 0. The van der Waals surface area contributed by atoms with Crippen molar-refractivity contribution in [1.29, 1.82) is 0 Å². The number of nitrogens with zero attached hydrogens (tertiary/aromatic N) is 2. The van der Waals surface area contributed by atoms with Crippen LogP contribution in [0.4, 0.5) is 0 Å². The molecular weight excluding hydrogens is 467 g/mol. The molecule has 0 spiro atoms. The standard InChI is InChI=1S/C21H34N4O2.HI/c1-4-22-21(23-12-8-14-25-13-7-11-20(25)26)24-15-18-9-5-6-10-19(18)27-16-17(2)3;/h5-6,9-10,17H,4,7-8,11-16H2,1-3H3,(H2,22,23,24);1H. The summed E-state index contributed by atoms with van der Waals surface area (Å²) in [4.78, 5) is 18.3. The summed E-state index contributed by atoms with van der Waals surface area (Å²) in [6.07, 6.45) is 2.62. The fraction of sp³-hybridized carbons (Fsp3) is 0.619. The number of aliphatic imine (C=N–C) groups is 1. The molecule has 1 fully saturated rings. The van der Waals surface area contributed by atoms with Crippen molar-refractivity contribution >= 4 is 35.8 Å². The molecule has 7 heteroatoms. The molecule has 0 bridgehead atoms. The second kappa shape index (κ2) is 13.6. The molecule has 1 aliphatic rings. The zero-order valence-electron chi connectivity index (χ0n) is 17.4. The van der Waals surface area contributed by atoms with Crippen LogP contribution in [-0.2, 0) is 11.3 Å². The molecule has 1 amide bonds. The van der Waals surface area contributed by atoms with Gasteiger partial charge < -0.3 is 20.3 Å². The number of carbonyl (C=O) groups is 1. The molecule has 6 nitrogen and oxygen atoms in total. The van der Waals surface area contributed by atoms with Gasteiger partial charge in [0.25, 0.3) is 0 Å². The second-order valence-electron chi connectivity index (χ2n) is 7.27. The molecule has 0 aliphatic carbocycles. The van der Waals surface area contributed by atoms with E-state index in [1.165, 1.54) is 0 Å². The van der Waals surface area contributed by atoms with Gasteiger partial charge in [-0.05, 0) is 31.7 Å². The zero-order chi connectivity index (χ0) is 19.5. The molecular formula is C21H35IN4O2. The van der Waals surface area contributed by atoms with E-state index in [2.05, 4.69) is 42.5 Å². The van der Waals surface area contributed by atoms with Gasteiger partial charge in [0.2, 0.25) is 5.91 Å². The van der Waals surface area contributed by atoms with Crippen LogP contribution in [0.1, 0.15) is 45.6 Å². The minimum Gasteiger partial charge on any atom is -0.493 e. The molecule has 0 radical (unpaired) electrons. The fourth-order valence-corrected chi connectivity index (χ4v) is 2.95. The monoisotopic (exact) mass is 502 g/mol. The third kappa shape index (κ3) is 8.67. The van der Waals surface area contributed by atoms with Crippen LogP contribution in [0.3, 0.4) is 0 Å². The summed E-state index contributed by atoms with van der Waals surface area (Å²) in [6.45, 7) is 10.9. The summed E-state index contributed by atoms with van der Waals surface area (Å²) in [5, 5.41) is 6.64. The predicted octanol–water partition coefficient (Wildman–Crippen LogP) is 3.41. The van der Waals surface area contributed by atoms with Gasteiger partial charge in [-0.15, -0.1) is 24.0 Å². The molecule has 2 N–H and O–H groups in total. The molecule has 0 atom stereocenters. The minimum absolute atomic E-state index is 0. The van der Waals surface area contributed by atoms with Crippen LogP contribution in [0, 0.1) is 5.92 Å². The van der Waals surface area contributed by atoms with Crippen LogP contribution in [0.25, 0.3) is 0 Å². The smallest absolute Gasteiger partial charge is 0.222 e. The lowest BCUT2D eigenvalue weighted by Gasteiger charge is -2.17. The van der Waals surface area contributed by atoms with E-state index < -0.39 is 0 Å². The van der Waals surface area contributed by atoms with Gasteiger partial charge in [-0.2, -0.15) is 0 Å². The van der Waals surface area contributed by atoms with Gasteiger partial charge in [0.1, 0.15) is 5.75 Å². The first-order valence-corrected chi connectivity index (χ1v) is 10.1. The van der Waals surface area contributed by atoms with E-state index in [1.54, 1.807) is 0 Å². The van der Waals surface area contributed by atoms with Crippen molar-refractivity contribution in [3.05, 3.63) is 29.8 Å². The average molecular weight is 502 g/mol. The Morgan fingerprint density at radius 2 is 2.07 bits per heavy atom. The largest absolute Gasteiger partial charge is 0.493 e. The van der Waals surface area contributed by atoms with E-state index in [4.69, 9.17) is 4.74 Å². The van der Waals surface area contributed by atoms with Crippen LogP contribution in [-0.4, -0.2) is 49.6 Å². The van der Waals surface area contributed by atoms with E-state index in [0.29, 0.717) is 25.5 Å². The van der Waals surface area contributed by atoms with Gasteiger partial charge in [0.15, 0.2) is 5.96 Å². The summed E-state index contributed by atoms with van der Waals surface area (Å²) < 4.78 is 5.91. The van der Waals surface area contributed by atoms with E-state index in [9.17, 15) is 4.79 Å². The summed E-state index contributed by atoms with van der Waals surface area (Å²) in [5.74, 6) is 2.47. The number of hydrogen-bond donors (Lipinski definition) is 2. The van der Waals surface area contributed by atoms with Crippen LogP contribution in [0.15, 0.2) is 29.3 Å². The molecule has 1 aromatic carbocycles. The Bertz CT molecular complexity index is 622. The molecule has 1 heterocycles. The number of nitrogens with one attached hydrogen (secondary N) is 2. The van der Waals surface area contributed by atoms with Gasteiger partial charge in [0.05, 0.1) is 13.2 Å². The Morgan fingerprint density at radius 3 is 2.75 bits per heavy atom. The maximum absolute atomic E-state index is 11.6. The minimum atomic E-state index is 0. The quantitative estimate of drug-likeness (QED) is 0.223. The summed E-state index contributed by atoms with van der Waals surface area (Å²) in [5.41, 5.74) is 1.08. The highest BCUT2D eigenvalue weighted by Crippen LogP contribution is 2.19. The third-order valence-electron chi connectivity index (χ3n) is 4.37. The predicted molar refractivity (Wildman–Crippen MR) is 125 cm³/mol. The van der Waals surface area contributed by atoms with E-state index >= 15 is 0 Å². The Hall–Kier alpha value is -1.51. The molecule has 0 aromatic heterocycles. The lowest BCUT2D eigenvalue weighted by atomic mass is 10.2. The van der Waals surface area contributed by atoms with Gasteiger partial charge in [0, 0.05) is 38.2 Å². The lowest BCUT2D eigenvalue weighted by Crippen LogP contribution is -2.39. The van der Waals surface area contributed by atoms with Crippen LogP contribution >= 0.6 is 24.0 Å². The van der Waals surface area contributed by atoms with Gasteiger partial charge in [-0.3, -0.25) is 4.79 Å². The molecule has 0 saturated carbocycles. The molecule has 28 heavy (non-hydrogen) atoms. The van der Waals surface area contributed by atoms with Gasteiger partial charge in [-0.25, -0.2) is 4.99 Å². The van der Waals surface area contributed by atoms with Crippen molar-refractivity contribution in [1.82, 2.24) is 15.5 Å². The first-order chi connectivity index (χ1) is 13.1. The van der Waals surface area contributed by atoms with Crippen molar-refractivity contribution in [2.45, 2.75) is 46.6 Å². The van der Waals surface area contributed by atoms with Crippen molar-refractivity contribution < 1.29 is 9.53 Å². The third-order valence-corrected chi connectivity index (χ3v) is 4.37. The topological polar surface area (TPSA) is 66.0 Å². The number of halogens is 1. The number of carbonyl (C=O) groups excluding carboxylic acids is 1. The molecule has 1 aromatic rings. The Morgan fingerprint density at radius 1 is 1.29 bits per heavy atom. The van der Waals surface area contributed by atoms with Crippen molar-refractivity contribution in [3.63, 3.8) is 0 Å². The number of para-hydroxylation sites is 1. The second-order valence-corrected chi connectivity index (χ2v) is 7.27. The number of benzene rings is 1. The van der Waals surface area contributed by atoms with Crippen molar-refractivity contribution in [2.75, 3.05) is 32.8 Å². The van der Waals surface area contributed by atoms with Crippen LogP contribution in [0.5, 0.6) is 5.75 Å². The number of hydrogen-bond acceptors (Lipinski definition) is 3. The number of guanidine groups is 1.